The molecule has 0 aliphatic carbocycles. The van der Waals surface area contributed by atoms with Crippen LogP contribution < -0.4 is 5.32 Å². The van der Waals surface area contributed by atoms with Gasteiger partial charge in [0.05, 0.1) is 11.2 Å². The molecule has 0 saturated heterocycles. The third-order valence-electron chi connectivity index (χ3n) is 2.84. The quantitative estimate of drug-likeness (QED) is 0.719. The molecule has 0 spiro atoms. The van der Waals surface area contributed by atoms with E-state index in [2.05, 4.69) is 5.32 Å². The van der Waals surface area contributed by atoms with Gasteiger partial charge in [0, 0.05) is 17.8 Å². The lowest BCUT2D eigenvalue weighted by Gasteiger charge is -2.34. The Morgan fingerprint density at radius 2 is 2.06 bits per heavy atom. The minimum Gasteiger partial charge on any atom is -0.385 e. The molecule has 1 aromatic rings. The van der Waals surface area contributed by atoms with Crippen molar-refractivity contribution in [1.29, 1.82) is 0 Å². The molecule has 1 atom stereocenters. The molecule has 0 aromatic heterocycles. The Bertz CT molecular complexity index is 412. The Hall–Kier alpha value is -1.23. The van der Waals surface area contributed by atoms with E-state index in [1.54, 1.807) is 6.07 Å². The van der Waals surface area contributed by atoms with Crippen LogP contribution in [-0.2, 0) is 11.8 Å². The molecule has 1 aromatic carbocycles. The summed E-state index contributed by atoms with van der Waals surface area (Å²) >= 11 is 0. The van der Waals surface area contributed by atoms with Crippen molar-refractivity contribution in [2.24, 2.45) is 0 Å². The Labute approximate surface area is 91.1 Å². The summed E-state index contributed by atoms with van der Waals surface area (Å²) in [6.07, 6.45) is -4.17. The highest BCUT2D eigenvalue weighted by Crippen LogP contribution is 2.43. The zero-order valence-corrected chi connectivity index (χ0v) is 8.73. The van der Waals surface area contributed by atoms with Crippen LogP contribution in [0.3, 0.4) is 0 Å². The molecule has 16 heavy (non-hydrogen) atoms. The van der Waals surface area contributed by atoms with Gasteiger partial charge in [-0.05, 0) is 25.5 Å². The molecule has 88 valence electrons. The van der Waals surface area contributed by atoms with E-state index in [0.29, 0.717) is 12.2 Å². The number of rotatable bonds is 0. The summed E-state index contributed by atoms with van der Waals surface area (Å²) in [4.78, 5) is 0. The second kappa shape index (κ2) is 3.38. The van der Waals surface area contributed by atoms with Crippen LogP contribution in [0.2, 0.25) is 0 Å². The number of fused-ring (bicyclic) bond motifs is 1. The molecule has 0 fully saturated rings. The minimum atomic E-state index is -4.44. The van der Waals surface area contributed by atoms with E-state index in [9.17, 15) is 18.3 Å². The highest BCUT2D eigenvalue weighted by molar-refractivity contribution is 5.59. The van der Waals surface area contributed by atoms with E-state index in [-0.39, 0.29) is 12.0 Å². The van der Waals surface area contributed by atoms with Gasteiger partial charge in [-0.2, -0.15) is 13.2 Å². The predicted octanol–water partition coefficient (Wildman–Crippen LogP) is 2.73. The first-order valence-corrected chi connectivity index (χ1v) is 4.99. The standard InChI is InChI=1S/C11H12F3NO/c1-10(16)5-6-15-8-4-2-3-7(9(8)10)11(12,13)14/h2-4,15-16H,5-6H2,1H3. The first-order chi connectivity index (χ1) is 7.32. The monoisotopic (exact) mass is 231 g/mol. The van der Waals surface area contributed by atoms with Gasteiger partial charge in [-0.25, -0.2) is 0 Å². The molecule has 1 unspecified atom stereocenters. The van der Waals surface area contributed by atoms with Crippen molar-refractivity contribution in [3.8, 4) is 0 Å². The first kappa shape index (κ1) is 11.3. The van der Waals surface area contributed by atoms with Crippen LogP contribution >= 0.6 is 0 Å². The minimum absolute atomic E-state index is 0.0475. The smallest absolute Gasteiger partial charge is 0.385 e. The van der Waals surface area contributed by atoms with Crippen molar-refractivity contribution in [2.75, 3.05) is 11.9 Å². The van der Waals surface area contributed by atoms with E-state index in [1.165, 1.54) is 13.0 Å². The summed E-state index contributed by atoms with van der Waals surface area (Å²) < 4.78 is 38.3. The van der Waals surface area contributed by atoms with Crippen molar-refractivity contribution in [2.45, 2.75) is 25.1 Å². The third-order valence-corrected chi connectivity index (χ3v) is 2.84. The van der Waals surface area contributed by atoms with Crippen LogP contribution in [0.15, 0.2) is 18.2 Å². The number of halogens is 3. The fraction of sp³-hybridized carbons (Fsp3) is 0.455. The van der Waals surface area contributed by atoms with Gasteiger partial charge < -0.3 is 10.4 Å². The van der Waals surface area contributed by atoms with Gasteiger partial charge in [0.25, 0.3) is 0 Å². The van der Waals surface area contributed by atoms with Crippen LogP contribution in [0.25, 0.3) is 0 Å². The Morgan fingerprint density at radius 3 is 2.69 bits per heavy atom. The van der Waals surface area contributed by atoms with Gasteiger partial charge in [0.15, 0.2) is 0 Å². The molecular formula is C11H12F3NO. The molecule has 2 rings (SSSR count). The Morgan fingerprint density at radius 1 is 1.38 bits per heavy atom. The molecule has 5 heteroatoms. The van der Waals surface area contributed by atoms with Crippen LogP contribution in [0.5, 0.6) is 0 Å². The summed E-state index contributed by atoms with van der Waals surface area (Å²) in [5.74, 6) is 0. The van der Waals surface area contributed by atoms with Crippen LogP contribution in [-0.4, -0.2) is 11.7 Å². The summed E-state index contributed by atoms with van der Waals surface area (Å²) in [7, 11) is 0. The van der Waals surface area contributed by atoms with Crippen molar-refractivity contribution < 1.29 is 18.3 Å². The molecule has 2 N–H and O–H groups in total. The fourth-order valence-corrected chi connectivity index (χ4v) is 2.08. The largest absolute Gasteiger partial charge is 0.416 e. The molecule has 0 amide bonds. The number of alkyl halides is 3. The maximum atomic E-state index is 12.8. The number of anilines is 1. The lowest BCUT2D eigenvalue weighted by Crippen LogP contribution is -2.33. The summed E-state index contributed by atoms with van der Waals surface area (Å²) in [6.45, 7) is 1.89. The molecular weight excluding hydrogens is 219 g/mol. The summed E-state index contributed by atoms with van der Waals surface area (Å²) in [5.41, 5.74) is -1.87. The topological polar surface area (TPSA) is 32.3 Å². The van der Waals surface area contributed by atoms with Crippen LogP contribution in [0, 0.1) is 0 Å². The summed E-state index contributed by atoms with van der Waals surface area (Å²) in [5, 5.41) is 12.9. The maximum Gasteiger partial charge on any atom is 0.416 e. The average molecular weight is 231 g/mol. The zero-order valence-electron chi connectivity index (χ0n) is 8.73. The van der Waals surface area contributed by atoms with Gasteiger partial charge in [-0.15, -0.1) is 0 Å². The highest BCUT2D eigenvalue weighted by Gasteiger charge is 2.41. The van der Waals surface area contributed by atoms with Gasteiger partial charge >= 0.3 is 6.18 Å². The molecule has 1 heterocycles. The summed E-state index contributed by atoms with van der Waals surface area (Å²) in [6, 6.07) is 3.90. The van der Waals surface area contributed by atoms with Gasteiger partial charge in [-0.1, -0.05) is 6.07 Å². The third kappa shape index (κ3) is 1.75. The maximum absolute atomic E-state index is 12.8. The number of hydrogen-bond donors (Lipinski definition) is 2. The lowest BCUT2D eigenvalue weighted by atomic mass is 9.84. The second-order valence-electron chi connectivity index (χ2n) is 4.18. The number of benzene rings is 1. The van der Waals surface area contributed by atoms with E-state index in [1.807, 2.05) is 0 Å². The number of hydrogen-bond acceptors (Lipinski definition) is 2. The van der Waals surface area contributed by atoms with Crippen LogP contribution in [0.4, 0.5) is 18.9 Å². The molecule has 0 radical (unpaired) electrons. The highest BCUT2D eigenvalue weighted by atomic mass is 19.4. The van der Waals surface area contributed by atoms with Gasteiger partial charge in [-0.3, -0.25) is 0 Å². The first-order valence-electron chi connectivity index (χ1n) is 4.99. The molecule has 0 bridgehead atoms. The fourth-order valence-electron chi connectivity index (χ4n) is 2.08. The Kier molecular flexibility index (Phi) is 2.38. The van der Waals surface area contributed by atoms with Crippen LogP contribution in [0.1, 0.15) is 24.5 Å². The molecule has 1 aliphatic rings. The van der Waals surface area contributed by atoms with Crippen molar-refractivity contribution in [1.82, 2.24) is 0 Å². The lowest BCUT2D eigenvalue weighted by molar-refractivity contribution is -0.140. The predicted molar refractivity (Wildman–Crippen MR) is 54.1 cm³/mol. The van der Waals surface area contributed by atoms with E-state index >= 15 is 0 Å². The Balaban J connectivity index is 2.65. The van der Waals surface area contributed by atoms with Crippen molar-refractivity contribution in [3.05, 3.63) is 29.3 Å². The van der Waals surface area contributed by atoms with Crippen molar-refractivity contribution in [3.63, 3.8) is 0 Å². The van der Waals surface area contributed by atoms with Gasteiger partial charge in [0.1, 0.15) is 0 Å². The van der Waals surface area contributed by atoms with E-state index < -0.39 is 17.3 Å². The SMILES string of the molecule is CC1(O)CCNc2cccc(C(F)(F)F)c21. The van der Waals surface area contributed by atoms with E-state index in [4.69, 9.17) is 0 Å². The van der Waals surface area contributed by atoms with E-state index in [0.717, 1.165) is 6.07 Å². The zero-order chi connectivity index (χ0) is 12.0. The molecule has 2 nitrogen and oxygen atoms in total. The normalized spacial score (nSPS) is 24.8. The molecule has 0 saturated carbocycles. The average Bonchev–Trinajstić information content (AvgIpc) is 2.15. The molecule has 1 aliphatic heterocycles. The second-order valence-corrected chi connectivity index (χ2v) is 4.18. The van der Waals surface area contributed by atoms with Gasteiger partial charge in [0.2, 0.25) is 0 Å². The van der Waals surface area contributed by atoms with Crippen molar-refractivity contribution >= 4 is 5.69 Å². The number of aliphatic hydroxyl groups is 1. The number of nitrogens with one attached hydrogen (secondary N) is 1.